The monoisotopic (exact) mass is 560 g/mol. The predicted molar refractivity (Wildman–Crippen MR) is 177 cm³/mol. The Labute approximate surface area is 252 Å². The van der Waals surface area contributed by atoms with Gasteiger partial charge in [0, 0.05) is 23.5 Å². The molecule has 0 aliphatic carbocycles. The van der Waals surface area contributed by atoms with Gasteiger partial charge in [0.05, 0.1) is 23.6 Å². The summed E-state index contributed by atoms with van der Waals surface area (Å²) in [5.41, 5.74) is 5.92. The second-order valence-corrected chi connectivity index (χ2v) is 10.6. The number of ether oxygens (including phenoxy) is 2. The summed E-state index contributed by atoms with van der Waals surface area (Å²) in [6.45, 7) is 8.76. The molecule has 42 heavy (non-hydrogen) atoms. The molecule has 2 aromatic carbocycles. The fraction of sp³-hybridized carbons (Fsp3) is 0.316. The smallest absolute Gasteiger partial charge is 0.126 e. The first-order valence-corrected chi connectivity index (χ1v) is 15.4. The van der Waals surface area contributed by atoms with Crippen LogP contribution in [-0.2, 0) is 0 Å². The first-order valence-electron chi connectivity index (χ1n) is 15.4. The van der Waals surface area contributed by atoms with Gasteiger partial charge in [-0.05, 0) is 73.2 Å². The fourth-order valence-corrected chi connectivity index (χ4v) is 4.90. The minimum atomic E-state index is 0.236. The normalized spacial score (nSPS) is 13.0. The quantitative estimate of drug-likeness (QED) is 0.145. The van der Waals surface area contributed by atoms with E-state index in [4.69, 9.17) is 9.47 Å². The molecule has 218 valence electrons. The molecule has 4 nitrogen and oxygen atoms in total. The molecule has 2 unspecified atom stereocenters. The number of rotatable bonds is 15. The SMILES string of the molecule is CCCC(CC)Oc1ccccc1C=Cc1ccnc(-c2cc(C=Cc3ccccc3OC(CC)CCC)ccn2)c1. The van der Waals surface area contributed by atoms with Crippen LogP contribution in [-0.4, -0.2) is 22.2 Å². The van der Waals surface area contributed by atoms with Crippen LogP contribution in [0, 0.1) is 0 Å². The molecule has 0 aliphatic rings. The second-order valence-electron chi connectivity index (χ2n) is 10.6. The highest BCUT2D eigenvalue weighted by Crippen LogP contribution is 2.26. The number of aromatic nitrogens is 2. The summed E-state index contributed by atoms with van der Waals surface area (Å²) in [5.74, 6) is 1.85. The molecular formula is C38H44N2O2. The van der Waals surface area contributed by atoms with E-state index in [0.717, 1.165) is 83.7 Å². The van der Waals surface area contributed by atoms with Crippen molar-refractivity contribution in [1.29, 1.82) is 0 Å². The summed E-state index contributed by atoms with van der Waals surface area (Å²) >= 11 is 0. The highest BCUT2D eigenvalue weighted by molar-refractivity contribution is 5.76. The number of hydrogen-bond acceptors (Lipinski definition) is 4. The topological polar surface area (TPSA) is 44.2 Å². The van der Waals surface area contributed by atoms with Crippen LogP contribution in [0.1, 0.15) is 88.5 Å². The Morgan fingerprint density at radius 3 is 1.40 bits per heavy atom. The first-order chi connectivity index (χ1) is 20.6. The van der Waals surface area contributed by atoms with Crippen LogP contribution in [0.5, 0.6) is 11.5 Å². The highest BCUT2D eigenvalue weighted by atomic mass is 16.5. The van der Waals surface area contributed by atoms with Crippen LogP contribution in [0.3, 0.4) is 0 Å². The van der Waals surface area contributed by atoms with Gasteiger partial charge >= 0.3 is 0 Å². The summed E-state index contributed by atoms with van der Waals surface area (Å²) in [7, 11) is 0. The van der Waals surface area contributed by atoms with Gasteiger partial charge in [0.2, 0.25) is 0 Å². The van der Waals surface area contributed by atoms with Gasteiger partial charge in [-0.2, -0.15) is 0 Å². The molecule has 0 aliphatic heterocycles. The lowest BCUT2D eigenvalue weighted by Gasteiger charge is -2.18. The molecule has 0 N–H and O–H groups in total. The van der Waals surface area contributed by atoms with E-state index >= 15 is 0 Å². The number of pyridine rings is 2. The van der Waals surface area contributed by atoms with Gasteiger partial charge in [-0.15, -0.1) is 0 Å². The Morgan fingerprint density at radius 2 is 1.00 bits per heavy atom. The van der Waals surface area contributed by atoms with Crippen LogP contribution in [0.15, 0.2) is 85.2 Å². The predicted octanol–water partition coefficient (Wildman–Crippen LogP) is 10.4. The second kappa shape index (κ2) is 16.3. The first kappa shape index (κ1) is 30.8. The maximum Gasteiger partial charge on any atom is 0.126 e. The fourth-order valence-electron chi connectivity index (χ4n) is 4.90. The van der Waals surface area contributed by atoms with E-state index in [1.165, 1.54) is 0 Å². The van der Waals surface area contributed by atoms with Gasteiger partial charge in [0.1, 0.15) is 11.5 Å². The maximum atomic E-state index is 6.34. The standard InChI is InChI=1S/C38H44N2O2/c1-5-13-33(7-3)41-37-17-11-9-15-31(37)21-19-29-23-25-39-35(27-29)36-28-30(24-26-40-36)20-22-32-16-10-12-18-38(32)42-34(8-4)14-6-2/h9-12,15-28,33-34H,5-8,13-14H2,1-4H3. The Hall–Kier alpha value is -4.18. The summed E-state index contributed by atoms with van der Waals surface area (Å²) in [5, 5.41) is 0. The average molecular weight is 561 g/mol. The molecule has 4 aromatic rings. The van der Waals surface area contributed by atoms with Crippen molar-refractivity contribution in [2.24, 2.45) is 0 Å². The minimum Gasteiger partial charge on any atom is -0.490 e. The van der Waals surface area contributed by atoms with Gasteiger partial charge in [-0.1, -0.05) is 101 Å². The molecule has 0 radical (unpaired) electrons. The molecule has 0 saturated carbocycles. The molecule has 4 heteroatoms. The molecule has 0 amide bonds. The molecule has 0 saturated heterocycles. The molecule has 0 bridgehead atoms. The maximum absolute atomic E-state index is 6.34. The largest absolute Gasteiger partial charge is 0.490 e. The molecular weight excluding hydrogens is 516 g/mol. The molecule has 2 aromatic heterocycles. The van der Waals surface area contributed by atoms with E-state index in [-0.39, 0.29) is 12.2 Å². The van der Waals surface area contributed by atoms with Crippen LogP contribution >= 0.6 is 0 Å². The van der Waals surface area contributed by atoms with Crippen LogP contribution < -0.4 is 9.47 Å². The van der Waals surface area contributed by atoms with Crippen LogP contribution in [0.4, 0.5) is 0 Å². The number of hydrogen-bond donors (Lipinski definition) is 0. The molecule has 0 spiro atoms. The number of benzene rings is 2. The van der Waals surface area contributed by atoms with E-state index < -0.39 is 0 Å². The number of nitrogens with zero attached hydrogens (tertiary/aromatic N) is 2. The van der Waals surface area contributed by atoms with Crippen molar-refractivity contribution in [3.63, 3.8) is 0 Å². The third-order valence-electron chi connectivity index (χ3n) is 7.30. The van der Waals surface area contributed by atoms with Crippen molar-refractivity contribution in [2.75, 3.05) is 0 Å². The molecule has 4 rings (SSSR count). The van der Waals surface area contributed by atoms with E-state index in [2.05, 4.69) is 98.4 Å². The van der Waals surface area contributed by atoms with E-state index in [0.29, 0.717) is 0 Å². The number of para-hydroxylation sites is 2. The lowest BCUT2D eigenvalue weighted by molar-refractivity contribution is 0.185. The lowest BCUT2D eigenvalue weighted by atomic mass is 10.1. The zero-order chi connectivity index (χ0) is 29.6. The Bertz CT molecular complexity index is 1350. The van der Waals surface area contributed by atoms with Crippen molar-refractivity contribution in [1.82, 2.24) is 9.97 Å². The zero-order valence-electron chi connectivity index (χ0n) is 25.5. The van der Waals surface area contributed by atoms with E-state index in [1.54, 1.807) is 0 Å². The van der Waals surface area contributed by atoms with E-state index in [9.17, 15) is 0 Å². The van der Waals surface area contributed by atoms with Crippen molar-refractivity contribution in [3.8, 4) is 22.9 Å². The Morgan fingerprint density at radius 1 is 0.571 bits per heavy atom. The van der Waals surface area contributed by atoms with E-state index in [1.807, 2.05) is 48.8 Å². The van der Waals surface area contributed by atoms with Crippen molar-refractivity contribution in [3.05, 3.63) is 107 Å². The van der Waals surface area contributed by atoms with Crippen molar-refractivity contribution in [2.45, 2.75) is 78.4 Å². The third kappa shape index (κ3) is 8.91. The Balaban J connectivity index is 1.51. The molecule has 2 heterocycles. The average Bonchev–Trinajstić information content (AvgIpc) is 3.03. The highest BCUT2D eigenvalue weighted by Gasteiger charge is 2.10. The lowest BCUT2D eigenvalue weighted by Crippen LogP contribution is -2.15. The van der Waals surface area contributed by atoms with Gasteiger partial charge in [0.15, 0.2) is 0 Å². The van der Waals surface area contributed by atoms with Crippen LogP contribution in [0.2, 0.25) is 0 Å². The van der Waals surface area contributed by atoms with Crippen molar-refractivity contribution < 1.29 is 9.47 Å². The summed E-state index contributed by atoms with van der Waals surface area (Å²) < 4.78 is 12.7. The van der Waals surface area contributed by atoms with Gasteiger partial charge < -0.3 is 9.47 Å². The van der Waals surface area contributed by atoms with Gasteiger partial charge in [-0.3, -0.25) is 9.97 Å². The van der Waals surface area contributed by atoms with Crippen molar-refractivity contribution >= 4 is 24.3 Å². The summed E-state index contributed by atoms with van der Waals surface area (Å²) in [6.07, 6.45) is 18.9. The summed E-state index contributed by atoms with van der Waals surface area (Å²) in [6, 6.07) is 24.6. The summed E-state index contributed by atoms with van der Waals surface area (Å²) in [4.78, 5) is 9.24. The third-order valence-corrected chi connectivity index (χ3v) is 7.30. The zero-order valence-corrected chi connectivity index (χ0v) is 25.5. The minimum absolute atomic E-state index is 0.236. The van der Waals surface area contributed by atoms with Crippen LogP contribution in [0.25, 0.3) is 35.7 Å². The van der Waals surface area contributed by atoms with Gasteiger partial charge in [-0.25, -0.2) is 0 Å². The molecule has 2 atom stereocenters. The molecule has 0 fully saturated rings. The van der Waals surface area contributed by atoms with Gasteiger partial charge in [0.25, 0.3) is 0 Å². The Kier molecular flexibility index (Phi) is 11.9.